The molecule has 5 heteroatoms. The number of hydrogen-bond donors (Lipinski definition) is 0. The summed E-state index contributed by atoms with van der Waals surface area (Å²) >= 11 is 0. The Morgan fingerprint density at radius 2 is 1.55 bits per heavy atom. The van der Waals surface area contributed by atoms with Gasteiger partial charge in [0, 0.05) is 43.8 Å². The molecule has 1 aromatic carbocycles. The van der Waals surface area contributed by atoms with Crippen molar-refractivity contribution < 1.29 is 13.3 Å². The molecule has 1 heterocycles. The Kier molecular flexibility index (Phi) is 4.99. The van der Waals surface area contributed by atoms with E-state index in [2.05, 4.69) is 35.0 Å². The molecule has 2 rings (SSSR count). The van der Waals surface area contributed by atoms with E-state index in [-0.39, 0.29) is 0 Å². The maximum atomic E-state index is 5.94. The quantitative estimate of drug-likeness (QED) is 0.735. The Balaban J connectivity index is 2.48. The normalized spacial score (nSPS) is 12.2. The van der Waals surface area contributed by atoms with Gasteiger partial charge in [0.05, 0.1) is 0 Å². The van der Waals surface area contributed by atoms with Gasteiger partial charge in [0.1, 0.15) is 0 Å². The molecule has 0 radical (unpaired) electrons. The molecule has 4 nitrogen and oxygen atoms in total. The van der Waals surface area contributed by atoms with Gasteiger partial charge in [-0.2, -0.15) is 0 Å². The summed E-state index contributed by atoms with van der Waals surface area (Å²) in [5.74, 6) is 0. The fourth-order valence-electron chi connectivity index (χ4n) is 2.42. The van der Waals surface area contributed by atoms with Gasteiger partial charge in [0.2, 0.25) is 0 Å². The Morgan fingerprint density at radius 3 is 2.10 bits per heavy atom. The molecule has 0 aliphatic rings. The largest absolute Gasteiger partial charge is 0.537 e. The number of fused-ring (bicyclic) bond motifs is 1. The summed E-state index contributed by atoms with van der Waals surface area (Å²) in [6.07, 6.45) is 2.06. The molecule has 0 amide bonds. The molecule has 0 fully saturated rings. The van der Waals surface area contributed by atoms with Crippen LogP contribution in [0.1, 0.15) is 20.8 Å². The minimum atomic E-state index is -2.79. The fourth-order valence-corrected chi connectivity index (χ4v) is 4.93. The van der Waals surface area contributed by atoms with Crippen LogP contribution in [-0.2, 0) is 20.3 Å². The van der Waals surface area contributed by atoms with E-state index in [9.17, 15) is 0 Å². The standard InChI is InChI=1S/C15H23NO3Si/c1-5-17-20(18-6-2,19-7-3)14-8-9-15-13(12-14)10-11-16(15)4/h8-12H,5-7H2,1-4H3. The average molecular weight is 293 g/mol. The van der Waals surface area contributed by atoms with Crippen molar-refractivity contribution in [3.8, 4) is 0 Å². The van der Waals surface area contributed by atoms with E-state index in [0.29, 0.717) is 19.8 Å². The molecule has 110 valence electrons. The highest BCUT2D eigenvalue weighted by Gasteiger charge is 2.43. The summed E-state index contributed by atoms with van der Waals surface area (Å²) in [7, 11) is -0.747. The van der Waals surface area contributed by atoms with Gasteiger partial charge in [-0.05, 0) is 44.4 Å². The summed E-state index contributed by atoms with van der Waals surface area (Å²) in [4.78, 5) is 0. The van der Waals surface area contributed by atoms with Crippen LogP contribution in [0, 0.1) is 0 Å². The van der Waals surface area contributed by atoms with Crippen LogP contribution < -0.4 is 5.19 Å². The number of aromatic nitrogens is 1. The second-order valence-corrected chi connectivity index (χ2v) is 7.11. The lowest BCUT2D eigenvalue weighted by molar-refractivity contribution is 0.0859. The summed E-state index contributed by atoms with van der Waals surface area (Å²) in [6.45, 7) is 7.67. The Hall–Kier alpha value is -1.14. The predicted octanol–water partition coefficient (Wildman–Crippen LogP) is 2.43. The van der Waals surface area contributed by atoms with Crippen molar-refractivity contribution in [3.63, 3.8) is 0 Å². The summed E-state index contributed by atoms with van der Waals surface area (Å²) in [6, 6.07) is 8.39. The molecular formula is C15H23NO3Si. The predicted molar refractivity (Wildman–Crippen MR) is 83.2 cm³/mol. The van der Waals surface area contributed by atoms with Crippen molar-refractivity contribution in [1.29, 1.82) is 0 Å². The number of aryl methyl sites for hydroxylation is 1. The third-order valence-electron chi connectivity index (χ3n) is 3.24. The second-order valence-electron chi connectivity index (χ2n) is 4.56. The molecule has 0 saturated heterocycles. The highest BCUT2D eigenvalue weighted by molar-refractivity contribution is 6.75. The zero-order valence-corrected chi connectivity index (χ0v) is 13.7. The van der Waals surface area contributed by atoms with Gasteiger partial charge in [-0.15, -0.1) is 0 Å². The van der Waals surface area contributed by atoms with Gasteiger partial charge in [0.25, 0.3) is 0 Å². The monoisotopic (exact) mass is 293 g/mol. The topological polar surface area (TPSA) is 32.6 Å². The van der Waals surface area contributed by atoms with Crippen molar-refractivity contribution in [2.75, 3.05) is 19.8 Å². The van der Waals surface area contributed by atoms with Crippen molar-refractivity contribution >= 4 is 24.9 Å². The van der Waals surface area contributed by atoms with Crippen molar-refractivity contribution in [1.82, 2.24) is 4.57 Å². The first kappa shape index (κ1) is 15.2. The molecule has 0 saturated carbocycles. The first-order chi connectivity index (χ1) is 9.66. The van der Waals surface area contributed by atoms with Crippen LogP contribution in [0.4, 0.5) is 0 Å². The van der Waals surface area contributed by atoms with Gasteiger partial charge in [-0.3, -0.25) is 0 Å². The first-order valence-corrected chi connectivity index (χ1v) is 8.86. The lowest BCUT2D eigenvalue weighted by Gasteiger charge is -2.28. The van der Waals surface area contributed by atoms with Crippen molar-refractivity contribution in [3.05, 3.63) is 30.5 Å². The Labute approximate surface area is 121 Å². The molecule has 0 aliphatic carbocycles. The smallest absolute Gasteiger partial charge is 0.370 e. The molecule has 1 aromatic heterocycles. The maximum Gasteiger partial charge on any atom is 0.537 e. The summed E-state index contributed by atoms with van der Waals surface area (Å²) < 4.78 is 19.9. The van der Waals surface area contributed by atoms with E-state index in [0.717, 1.165) is 5.19 Å². The zero-order chi connectivity index (χ0) is 14.6. The molecule has 0 unspecified atom stereocenters. The molecule has 20 heavy (non-hydrogen) atoms. The van der Waals surface area contributed by atoms with E-state index in [1.807, 2.05) is 27.8 Å². The maximum absolute atomic E-state index is 5.94. The van der Waals surface area contributed by atoms with Gasteiger partial charge in [0.15, 0.2) is 0 Å². The molecule has 0 spiro atoms. The average Bonchev–Trinajstić information content (AvgIpc) is 2.81. The van der Waals surface area contributed by atoms with Gasteiger partial charge in [-0.1, -0.05) is 6.07 Å². The van der Waals surface area contributed by atoms with Crippen molar-refractivity contribution in [2.45, 2.75) is 20.8 Å². The number of hydrogen-bond acceptors (Lipinski definition) is 3. The van der Waals surface area contributed by atoms with Crippen LogP contribution >= 0.6 is 0 Å². The number of rotatable bonds is 7. The lowest BCUT2D eigenvalue weighted by atomic mass is 10.2. The molecule has 0 bridgehead atoms. The highest BCUT2D eigenvalue weighted by Crippen LogP contribution is 2.17. The van der Waals surface area contributed by atoms with E-state index in [1.165, 1.54) is 10.9 Å². The first-order valence-electron chi connectivity index (χ1n) is 7.14. The van der Waals surface area contributed by atoms with Crippen LogP contribution in [-0.4, -0.2) is 33.2 Å². The minimum absolute atomic E-state index is 0.582. The lowest BCUT2D eigenvalue weighted by Crippen LogP contribution is -2.56. The van der Waals surface area contributed by atoms with Crippen LogP contribution in [0.5, 0.6) is 0 Å². The van der Waals surface area contributed by atoms with Gasteiger partial charge < -0.3 is 17.8 Å². The van der Waals surface area contributed by atoms with Crippen LogP contribution in [0.25, 0.3) is 10.9 Å². The molecule has 0 N–H and O–H groups in total. The van der Waals surface area contributed by atoms with Gasteiger partial charge in [-0.25, -0.2) is 0 Å². The third kappa shape index (κ3) is 2.81. The number of nitrogens with zero attached hydrogens (tertiary/aromatic N) is 1. The van der Waals surface area contributed by atoms with E-state index < -0.39 is 8.80 Å². The summed E-state index contributed by atoms with van der Waals surface area (Å²) in [5.41, 5.74) is 1.20. The van der Waals surface area contributed by atoms with E-state index in [1.54, 1.807) is 0 Å². The molecule has 0 atom stereocenters. The molecule has 0 aliphatic heterocycles. The number of benzene rings is 1. The zero-order valence-electron chi connectivity index (χ0n) is 12.7. The second kappa shape index (κ2) is 6.54. The van der Waals surface area contributed by atoms with Crippen molar-refractivity contribution in [2.24, 2.45) is 7.05 Å². The van der Waals surface area contributed by atoms with Crippen LogP contribution in [0.2, 0.25) is 0 Å². The summed E-state index contributed by atoms with van der Waals surface area (Å²) in [5, 5.41) is 2.21. The molecular weight excluding hydrogens is 270 g/mol. The SMILES string of the molecule is CCO[Si](OCC)(OCC)c1ccc2c(ccn2C)c1. The minimum Gasteiger partial charge on any atom is -0.370 e. The Bertz CT molecular complexity index is 550. The Morgan fingerprint density at radius 1 is 0.950 bits per heavy atom. The highest BCUT2D eigenvalue weighted by atomic mass is 28.4. The van der Waals surface area contributed by atoms with Crippen LogP contribution in [0.3, 0.4) is 0 Å². The van der Waals surface area contributed by atoms with Gasteiger partial charge >= 0.3 is 8.80 Å². The fraction of sp³-hybridized carbons (Fsp3) is 0.467. The molecule has 2 aromatic rings. The van der Waals surface area contributed by atoms with E-state index in [4.69, 9.17) is 13.3 Å². The third-order valence-corrected chi connectivity index (χ3v) is 6.27. The van der Waals surface area contributed by atoms with Crippen LogP contribution in [0.15, 0.2) is 30.5 Å². The van der Waals surface area contributed by atoms with E-state index >= 15 is 0 Å².